The SMILES string of the molecule is CCn1c(=NC(=O)CCCS(=O)(=O)c2ccccc2)sc2cc(SC)ccc21. The van der Waals surface area contributed by atoms with E-state index in [0.29, 0.717) is 11.3 Å². The van der Waals surface area contributed by atoms with Gasteiger partial charge in [-0.05, 0) is 49.9 Å². The molecule has 0 unspecified atom stereocenters. The number of fused-ring (bicyclic) bond motifs is 1. The quantitative estimate of drug-likeness (QED) is 0.525. The molecule has 0 aliphatic heterocycles. The Morgan fingerprint density at radius 2 is 1.93 bits per heavy atom. The number of carbonyl (C=O) groups is 1. The van der Waals surface area contributed by atoms with Crippen molar-refractivity contribution in [3.63, 3.8) is 0 Å². The summed E-state index contributed by atoms with van der Waals surface area (Å²) in [7, 11) is -3.37. The van der Waals surface area contributed by atoms with Crippen LogP contribution in [0.15, 0.2) is 63.3 Å². The van der Waals surface area contributed by atoms with Gasteiger partial charge in [-0.3, -0.25) is 4.79 Å². The third-order valence-corrected chi connectivity index (χ3v) is 7.92. The van der Waals surface area contributed by atoms with Gasteiger partial charge in [-0.1, -0.05) is 29.5 Å². The van der Waals surface area contributed by atoms with Crippen molar-refractivity contribution in [1.29, 1.82) is 0 Å². The van der Waals surface area contributed by atoms with Crippen LogP contribution in [0.4, 0.5) is 0 Å². The molecule has 0 atom stereocenters. The number of amides is 1. The topological polar surface area (TPSA) is 68.5 Å². The van der Waals surface area contributed by atoms with E-state index >= 15 is 0 Å². The molecule has 0 aliphatic carbocycles. The van der Waals surface area contributed by atoms with E-state index in [9.17, 15) is 13.2 Å². The molecular weight excluding hydrogens is 412 g/mol. The Labute approximate surface area is 173 Å². The highest BCUT2D eigenvalue weighted by molar-refractivity contribution is 7.98. The third kappa shape index (κ3) is 4.74. The molecule has 1 heterocycles. The molecule has 0 N–H and O–H groups in total. The number of carbonyl (C=O) groups excluding carboxylic acids is 1. The number of rotatable bonds is 7. The normalized spacial score (nSPS) is 12.6. The van der Waals surface area contributed by atoms with E-state index in [1.807, 2.05) is 17.7 Å². The van der Waals surface area contributed by atoms with Gasteiger partial charge in [0.15, 0.2) is 14.6 Å². The average Bonchev–Trinajstić information content (AvgIpc) is 3.04. The van der Waals surface area contributed by atoms with Crippen molar-refractivity contribution in [2.24, 2.45) is 4.99 Å². The van der Waals surface area contributed by atoms with E-state index in [1.165, 1.54) is 16.2 Å². The second-order valence-electron chi connectivity index (χ2n) is 6.20. The highest BCUT2D eigenvalue weighted by Crippen LogP contribution is 2.24. The number of sulfone groups is 1. The Hall–Kier alpha value is -1.90. The van der Waals surface area contributed by atoms with Gasteiger partial charge in [-0.15, -0.1) is 11.8 Å². The largest absolute Gasteiger partial charge is 0.317 e. The van der Waals surface area contributed by atoms with E-state index in [2.05, 4.69) is 23.2 Å². The summed E-state index contributed by atoms with van der Waals surface area (Å²) in [4.78, 5) is 18.7. The monoisotopic (exact) mass is 434 g/mol. The first-order chi connectivity index (χ1) is 13.4. The summed E-state index contributed by atoms with van der Waals surface area (Å²) in [5, 5.41) is 0. The van der Waals surface area contributed by atoms with Gasteiger partial charge in [0.25, 0.3) is 0 Å². The van der Waals surface area contributed by atoms with Gasteiger partial charge in [-0.2, -0.15) is 4.99 Å². The van der Waals surface area contributed by atoms with Crippen LogP contribution in [0.25, 0.3) is 10.2 Å². The van der Waals surface area contributed by atoms with Gasteiger partial charge < -0.3 is 4.57 Å². The summed E-state index contributed by atoms with van der Waals surface area (Å²) in [6.45, 7) is 2.73. The van der Waals surface area contributed by atoms with Gasteiger partial charge in [0.2, 0.25) is 5.91 Å². The second kappa shape index (κ2) is 9.07. The zero-order chi connectivity index (χ0) is 20.1. The average molecular weight is 435 g/mol. The number of hydrogen-bond acceptors (Lipinski definition) is 5. The van der Waals surface area contributed by atoms with Crippen LogP contribution < -0.4 is 4.80 Å². The minimum atomic E-state index is -3.37. The Morgan fingerprint density at radius 1 is 1.18 bits per heavy atom. The van der Waals surface area contributed by atoms with Crippen molar-refractivity contribution in [1.82, 2.24) is 4.57 Å². The lowest BCUT2D eigenvalue weighted by atomic mass is 10.3. The fourth-order valence-electron chi connectivity index (χ4n) is 2.89. The first kappa shape index (κ1) is 20.8. The maximum atomic E-state index is 12.3. The molecule has 28 heavy (non-hydrogen) atoms. The lowest BCUT2D eigenvalue weighted by Crippen LogP contribution is -2.16. The van der Waals surface area contributed by atoms with E-state index in [1.54, 1.807) is 42.1 Å². The predicted octanol–water partition coefficient (Wildman–Crippen LogP) is 4.13. The number of thioether (sulfide) groups is 1. The summed E-state index contributed by atoms with van der Waals surface area (Å²) in [5.41, 5.74) is 1.06. The van der Waals surface area contributed by atoms with E-state index in [0.717, 1.165) is 10.2 Å². The van der Waals surface area contributed by atoms with E-state index < -0.39 is 9.84 Å². The van der Waals surface area contributed by atoms with Crippen molar-refractivity contribution >= 4 is 49.1 Å². The first-order valence-corrected chi connectivity index (χ1v) is 12.7. The second-order valence-corrected chi connectivity index (χ2v) is 10.2. The standard InChI is InChI=1S/C20H22N2O3S3/c1-3-22-17-12-11-15(26-2)14-18(17)27-20(22)21-19(23)10-7-13-28(24,25)16-8-5-4-6-9-16/h4-6,8-9,11-12,14H,3,7,10,13H2,1-2H3. The van der Waals surface area contributed by atoms with Crippen molar-refractivity contribution in [3.05, 3.63) is 53.3 Å². The Bertz CT molecular complexity index is 1150. The molecule has 5 nitrogen and oxygen atoms in total. The Morgan fingerprint density at radius 3 is 2.61 bits per heavy atom. The molecule has 0 bridgehead atoms. The van der Waals surface area contributed by atoms with Crippen molar-refractivity contribution in [3.8, 4) is 0 Å². The summed E-state index contributed by atoms with van der Waals surface area (Å²) in [5.74, 6) is -0.350. The molecule has 1 aromatic heterocycles. The van der Waals surface area contributed by atoms with E-state index in [4.69, 9.17) is 0 Å². The molecule has 0 aliphatic rings. The number of aryl methyl sites for hydroxylation is 1. The molecule has 0 saturated carbocycles. The van der Waals surface area contributed by atoms with Crippen LogP contribution >= 0.6 is 23.1 Å². The van der Waals surface area contributed by atoms with Gasteiger partial charge in [0.1, 0.15) is 0 Å². The Balaban J connectivity index is 1.74. The molecule has 8 heteroatoms. The van der Waals surface area contributed by atoms with Crippen molar-refractivity contribution in [2.75, 3.05) is 12.0 Å². The molecule has 0 radical (unpaired) electrons. The lowest BCUT2D eigenvalue weighted by Gasteiger charge is -2.03. The van der Waals surface area contributed by atoms with Gasteiger partial charge in [-0.25, -0.2) is 8.42 Å². The van der Waals surface area contributed by atoms with Gasteiger partial charge in [0.05, 0.1) is 20.9 Å². The minimum absolute atomic E-state index is 0.0600. The molecule has 0 fully saturated rings. The maximum absolute atomic E-state index is 12.3. The molecule has 3 aromatic rings. The number of thiazole rings is 1. The zero-order valence-electron chi connectivity index (χ0n) is 15.8. The first-order valence-electron chi connectivity index (χ1n) is 8.97. The number of hydrogen-bond donors (Lipinski definition) is 0. The lowest BCUT2D eigenvalue weighted by molar-refractivity contribution is -0.118. The number of aromatic nitrogens is 1. The highest BCUT2D eigenvalue weighted by atomic mass is 32.2. The zero-order valence-corrected chi connectivity index (χ0v) is 18.2. The molecule has 1 amide bonds. The van der Waals surface area contributed by atoms with Gasteiger partial charge in [0, 0.05) is 17.9 Å². The number of benzene rings is 2. The fraction of sp³-hybridized carbons (Fsp3) is 0.300. The fourth-order valence-corrected chi connectivity index (χ4v) is 5.89. The summed E-state index contributed by atoms with van der Waals surface area (Å²) in [6, 6.07) is 14.5. The summed E-state index contributed by atoms with van der Waals surface area (Å²) < 4.78 is 27.7. The highest BCUT2D eigenvalue weighted by Gasteiger charge is 2.14. The van der Waals surface area contributed by atoms with E-state index in [-0.39, 0.29) is 29.4 Å². The molecule has 0 spiro atoms. The van der Waals surface area contributed by atoms with Crippen LogP contribution in [0, 0.1) is 0 Å². The Kier molecular flexibility index (Phi) is 6.74. The van der Waals surface area contributed by atoms with Gasteiger partial charge >= 0.3 is 0 Å². The van der Waals surface area contributed by atoms with Crippen LogP contribution in [-0.4, -0.2) is 30.9 Å². The van der Waals surface area contributed by atoms with Crippen LogP contribution in [-0.2, 0) is 21.2 Å². The predicted molar refractivity (Wildman–Crippen MR) is 116 cm³/mol. The van der Waals surface area contributed by atoms with Crippen LogP contribution in [0.2, 0.25) is 0 Å². The molecule has 2 aromatic carbocycles. The third-order valence-electron chi connectivity index (χ3n) is 4.33. The summed E-state index contributed by atoms with van der Waals surface area (Å²) in [6.07, 6.45) is 2.40. The molecule has 148 valence electrons. The van der Waals surface area contributed by atoms with Crippen LogP contribution in [0.3, 0.4) is 0 Å². The van der Waals surface area contributed by atoms with Crippen molar-refractivity contribution < 1.29 is 13.2 Å². The molecule has 3 rings (SSSR count). The van der Waals surface area contributed by atoms with Crippen LogP contribution in [0.5, 0.6) is 0 Å². The summed E-state index contributed by atoms with van der Waals surface area (Å²) >= 11 is 3.16. The molecular formula is C20H22N2O3S3. The minimum Gasteiger partial charge on any atom is -0.317 e. The number of nitrogens with zero attached hydrogens (tertiary/aromatic N) is 2. The smallest absolute Gasteiger partial charge is 0.248 e. The maximum Gasteiger partial charge on any atom is 0.248 e. The molecule has 0 saturated heterocycles. The van der Waals surface area contributed by atoms with Crippen molar-refractivity contribution in [2.45, 2.75) is 36.1 Å². The van der Waals surface area contributed by atoms with Crippen LogP contribution in [0.1, 0.15) is 19.8 Å².